The van der Waals surface area contributed by atoms with Gasteiger partial charge < -0.3 is 10.2 Å². The molecule has 0 aliphatic carbocycles. The fourth-order valence-corrected chi connectivity index (χ4v) is 2.05. The van der Waals surface area contributed by atoms with Crippen LogP contribution in [0, 0.1) is 0 Å². The van der Waals surface area contributed by atoms with E-state index in [4.69, 9.17) is 10.6 Å². The summed E-state index contributed by atoms with van der Waals surface area (Å²) in [4.78, 5) is 8.03. The van der Waals surface area contributed by atoms with Crippen LogP contribution >= 0.6 is 15.9 Å². The maximum Gasteiger partial charge on any atom is 0.238 e. The summed E-state index contributed by atoms with van der Waals surface area (Å²) in [6.07, 6.45) is 3.59. The van der Waals surface area contributed by atoms with Crippen molar-refractivity contribution in [3.8, 4) is 11.6 Å². The Kier molecular flexibility index (Phi) is 4.70. The van der Waals surface area contributed by atoms with E-state index in [1.54, 1.807) is 0 Å². The van der Waals surface area contributed by atoms with Crippen LogP contribution in [0.3, 0.4) is 0 Å². The lowest BCUT2D eigenvalue weighted by Gasteiger charge is -2.09. The molecule has 0 spiro atoms. The molecule has 0 unspecified atom stereocenters. The summed E-state index contributed by atoms with van der Waals surface area (Å²) in [5, 5.41) is 0. The highest BCUT2D eigenvalue weighted by molar-refractivity contribution is 9.10. The van der Waals surface area contributed by atoms with Crippen molar-refractivity contribution in [2.75, 3.05) is 5.43 Å². The van der Waals surface area contributed by atoms with E-state index in [9.17, 15) is 0 Å². The van der Waals surface area contributed by atoms with Gasteiger partial charge in [0.05, 0.1) is 0 Å². The molecule has 19 heavy (non-hydrogen) atoms. The van der Waals surface area contributed by atoms with Gasteiger partial charge >= 0.3 is 0 Å². The van der Waals surface area contributed by atoms with Crippen LogP contribution in [0.4, 0.5) is 5.82 Å². The number of halogens is 1. The molecule has 0 amide bonds. The van der Waals surface area contributed by atoms with Crippen molar-refractivity contribution in [3.63, 3.8) is 0 Å². The number of hydrazine groups is 1. The normalized spacial score (nSPS) is 10.3. The minimum atomic E-state index is 0.422. The molecule has 0 radical (unpaired) electrons. The molecule has 0 bridgehead atoms. The van der Waals surface area contributed by atoms with E-state index in [0.717, 1.165) is 18.6 Å². The monoisotopic (exact) mass is 322 g/mol. The lowest BCUT2D eigenvalue weighted by Crippen LogP contribution is -2.09. The number of hydrogen-bond acceptors (Lipinski definition) is 5. The summed E-state index contributed by atoms with van der Waals surface area (Å²) in [6.45, 7) is 2.16. The molecule has 6 heteroatoms. The molecule has 100 valence electrons. The lowest BCUT2D eigenvalue weighted by molar-refractivity contribution is 0.458. The van der Waals surface area contributed by atoms with Crippen LogP contribution in [0.25, 0.3) is 0 Å². The first-order valence-electron chi connectivity index (χ1n) is 5.98. The first kappa shape index (κ1) is 13.8. The molecule has 2 aromatic rings. The van der Waals surface area contributed by atoms with Gasteiger partial charge in [-0.3, -0.25) is 0 Å². The molecule has 1 aromatic heterocycles. The van der Waals surface area contributed by atoms with Crippen molar-refractivity contribution in [3.05, 3.63) is 40.6 Å². The standard InChI is InChI=1S/C13H15BrN4O/c1-2-3-9-4-6-10(7-5-9)19-13-11(14)12(18-15)16-8-17-13/h4-8H,2-3,15H2,1H3,(H,16,17,18). The fraction of sp³-hybridized carbons (Fsp3) is 0.231. The molecule has 0 atom stereocenters. The predicted octanol–water partition coefficient (Wildman–Crippen LogP) is 3.27. The highest BCUT2D eigenvalue weighted by atomic mass is 79.9. The molecular formula is C13H15BrN4O. The minimum absolute atomic E-state index is 0.422. The number of aryl methyl sites for hydroxylation is 1. The van der Waals surface area contributed by atoms with E-state index in [1.807, 2.05) is 12.1 Å². The highest BCUT2D eigenvalue weighted by Crippen LogP contribution is 2.31. The average molecular weight is 323 g/mol. The number of ether oxygens (including phenoxy) is 1. The van der Waals surface area contributed by atoms with Crippen LogP contribution in [-0.4, -0.2) is 9.97 Å². The third kappa shape index (κ3) is 3.42. The third-order valence-electron chi connectivity index (χ3n) is 2.57. The van der Waals surface area contributed by atoms with Crippen LogP contribution in [0.15, 0.2) is 35.1 Å². The number of nitrogens with two attached hydrogens (primary N) is 1. The average Bonchev–Trinajstić information content (AvgIpc) is 2.43. The van der Waals surface area contributed by atoms with Gasteiger partial charge in [0, 0.05) is 0 Å². The number of nitrogens with zero attached hydrogens (tertiary/aromatic N) is 2. The second-order valence-electron chi connectivity index (χ2n) is 3.98. The third-order valence-corrected chi connectivity index (χ3v) is 3.29. The SMILES string of the molecule is CCCc1ccc(Oc2ncnc(NN)c2Br)cc1. The Morgan fingerprint density at radius 1 is 1.26 bits per heavy atom. The zero-order chi connectivity index (χ0) is 13.7. The quantitative estimate of drug-likeness (QED) is 0.653. The summed E-state index contributed by atoms with van der Waals surface area (Å²) in [7, 11) is 0. The molecule has 2 rings (SSSR count). The molecule has 0 saturated heterocycles. The molecule has 0 aliphatic heterocycles. The van der Waals surface area contributed by atoms with Crippen LogP contribution < -0.4 is 16.0 Å². The second kappa shape index (κ2) is 6.49. The van der Waals surface area contributed by atoms with Gasteiger partial charge in [0.15, 0.2) is 5.82 Å². The molecule has 1 heterocycles. The Bertz CT molecular complexity index is 545. The molecule has 0 saturated carbocycles. The van der Waals surface area contributed by atoms with Crippen LogP contribution in [0.2, 0.25) is 0 Å². The highest BCUT2D eigenvalue weighted by Gasteiger charge is 2.09. The zero-order valence-corrected chi connectivity index (χ0v) is 12.1. The molecular weight excluding hydrogens is 308 g/mol. The van der Waals surface area contributed by atoms with Crippen molar-refractivity contribution < 1.29 is 4.74 Å². The van der Waals surface area contributed by atoms with Gasteiger partial charge in [0.1, 0.15) is 16.5 Å². The van der Waals surface area contributed by atoms with Crippen molar-refractivity contribution in [2.45, 2.75) is 19.8 Å². The van der Waals surface area contributed by atoms with Crippen molar-refractivity contribution in [2.24, 2.45) is 5.84 Å². The number of anilines is 1. The van der Waals surface area contributed by atoms with E-state index >= 15 is 0 Å². The summed E-state index contributed by atoms with van der Waals surface area (Å²) in [5.74, 6) is 6.97. The van der Waals surface area contributed by atoms with Crippen molar-refractivity contribution >= 4 is 21.7 Å². The minimum Gasteiger partial charge on any atom is -0.438 e. The van der Waals surface area contributed by atoms with Gasteiger partial charge in [-0.15, -0.1) is 0 Å². The van der Waals surface area contributed by atoms with E-state index in [0.29, 0.717) is 16.2 Å². The van der Waals surface area contributed by atoms with Crippen molar-refractivity contribution in [1.29, 1.82) is 0 Å². The lowest BCUT2D eigenvalue weighted by atomic mass is 10.1. The van der Waals surface area contributed by atoms with Crippen LogP contribution in [0.5, 0.6) is 11.6 Å². The Hall–Kier alpha value is -1.66. The van der Waals surface area contributed by atoms with Gasteiger partial charge in [-0.2, -0.15) is 0 Å². The number of nitrogens with one attached hydrogen (secondary N) is 1. The maximum absolute atomic E-state index is 5.69. The predicted molar refractivity (Wildman–Crippen MR) is 78.1 cm³/mol. The van der Waals surface area contributed by atoms with Gasteiger partial charge in [0.2, 0.25) is 5.88 Å². The smallest absolute Gasteiger partial charge is 0.238 e. The summed E-state index contributed by atoms with van der Waals surface area (Å²) < 4.78 is 6.28. The van der Waals surface area contributed by atoms with E-state index in [-0.39, 0.29) is 0 Å². The van der Waals surface area contributed by atoms with Crippen LogP contribution in [-0.2, 0) is 6.42 Å². The molecule has 5 nitrogen and oxygen atoms in total. The van der Waals surface area contributed by atoms with E-state index in [2.05, 4.69) is 50.4 Å². The Morgan fingerprint density at radius 2 is 2.00 bits per heavy atom. The summed E-state index contributed by atoms with van der Waals surface area (Å²) in [5.41, 5.74) is 3.76. The molecule has 1 aromatic carbocycles. The van der Waals surface area contributed by atoms with Crippen molar-refractivity contribution in [1.82, 2.24) is 9.97 Å². The Labute approximate surface area is 120 Å². The van der Waals surface area contributed by atoms with Crippen LogP contribution in [0.1, 0.15) is 18.9 Å². The largest absolute Gasteiger partial charge is 0.438 e. The number of nitrogen functional groups attached to an aromatic ring is 1. The summed E-state index contributed by atoms with van der Waals surface area (Å²) in [6, 6.07) is 7.95. The number of benzene rings is 1. The second-order valence-corrected chi connectivity index (χ2v) is 4.77. The zero-order valence-electron chi connectivity index (χ0n) is 10.6. The number of hydrogen-bond donors (Lipinski definition) is 2. The van der Waals surface area contributed by atoms with Gasteiger partial charge in [-0.1, -0.05) is 25.5 Å². The number of aromatic nitrogens is 2. The number of rotatable bonds is 5. The van der Waals surface area contributed by atoms with E-state index < -0.39 is 0 Å². The Morgan fingerprint density at radius 3 is 2.63 bits per heavy atom. The van der Waals surface area contributed by atoms with Gasteiger partial charge in [-0.25, -0.2) is 15.8 Å². The van der Waals surface area contributed by atoms with Gasteiger partial charge in [0.25, 0.3) is 0 Å². The molecule has 3 N–H and O–H groups in total. The fourth-order valence-electron chi connectivity index (χ4n) is 1.65. The molecule has 0 aliphatic rings. The first-order valence-corrected chi connectivity index (χ1v) is 6.77. The first-order chi connectivity index (χ1) is 9.24. The molecule has 0 fully saturated rings. The van der Waals surface area contributed by atoms with Gasteiger partial charge in [-0.05, 0) is 40.0 Å². The maximum atomic E-state index is 5.69. The summed E-state index contributed by atoms with van der Waals surface area (Å²) >= 11 is 3.35. The Balaban J connectivity index is 2.16. The van der Waals surface area contributed by atoms with E-state index in [1.165, 1.54) is 11.9 Å². The topological polar surface area (TPSA) is 73.1 Å².